The Balaban J connectivity index is 2.13. The van der Waals surface area contributed by atoms with E-state index in [0.29, 0.717) is 22.6 Å². The van der Waals surface area contributed by atoms with Gasteiger partial charge in [-0.1, -0.05) is 23.2 Å². The van der Waals surface area contributed by atoms with Crippen LogP contribution in [0.3, 0.4) is 0 Å². The Morgan fingerprint density at radius 2 is 1.83 bits per heavy atom. The van der Waals surface area contributed by atoms with E-state index in [-0.39, 0.29) is 0 Å². The van der Waals surface area contributed by atoms with Crippen molar-refractivity contribution in [1.29, 1.82) is 0 Å². The van der Waals surface area contributed by atoms with Crippen LogP contribution in [0.25, 0.3) is 11.4 Å². The van der Waals surface area contributed by atoms with E-state index in [1.807, 2.05) is 12.1 Å². The number of aromatic nitrogens is 3. The van der Waals surface area contributed by atoms with E-state index in [2.05, 4.69) is 14.8 Å². The second-order valence-electron chi connectivity index (χ2n) is 4.40. The van der Waals surface area contributed by atoms with E-state index >= 15 is 0 Å². The number of nitrogens with two attached hydrogens (primary N) is 1. The van der Waals surface area contributed by atoms with Gasteiger partial charge >= 0.3 is 0 Å². The van der Waals surface area contributed by atoms with Gasteiger partial charge in [-0.3, -0.25) is 0 Å². The van der Waals surface area contributed by atoms with Crippen LogP contribution in [0.1, 0.15) is 24.7 Å². The van der Waals surface area contributed by atoms with Crippen LogP contribution < -0.4 is 5.73 Å². The van der Waals surface area contributed by atoms with E-state index in [0.717, 1.165) is 30.1 Å². The predicted molar refractivity (Wildman–Crippen MR) is 71.6 cm³/mol. The summed E-state index contributed by atoms with van der Waals surface area (Å²) in [6.45, 7) is 0.387. The lowest BCUT2D eigenvalue weighted by Crippen LogP contribution is -2.08. The van der Waals surface area contributed by atoms with Crippen LogP contribution >= 0.6 is 23.2 Å². The van der Waals surface area contributed by atoms with Crippen molar-refractivity contribution in [3.05, 3.63) is 34.1 Å². The molecule has 0 unspecified atom stereocenters. The fourth-order valence-corrected chi connectivity index (χ4v) is 2.59. The molecule has 1 heterocycles. The summed E-state index contributed by atoms with van der Waals surface area (Å²) < 4.78 is 2.10. The Morgan fingerprint density at radius 1 is 1.17 bits per heavy atom. The molecule has 0 spiro atoms. The van der Waals surface area contributed by atoms with Gasteiger partial charge in [0.05, 0.1) is 6.54 Å². The largest absolute Gasteiger partial charge is 0.324 e. The molecule has 1 aromatic heterocycles. The Morgan fingerprint density at radius 3 is 2.39 bits per heavy atom. The van der Waals surface area contributed by atoms with Gasteiger partial charge in [0.25, 0.3) is 0 Å². The first-order chi connectivity index (χ1) is 8.69. The zero-order valence-corrected chi connectivity index (χ0v) is 11.1. The molecule has 1 aliphatic carbocycles. The van der Waals surface area contributed by atoms with Crippen molar-refractivity contribution in [1.82, 2.24) is 14.8 Å². The molecule has 0 radical (unpaired) electrons. The Kier molecular flexibility index (Phi) is 3.01. The molecular formula is C12H12Cl2N4. The first kappa shape index (κ1) is 12.0. The fourth-order valence-electron chi connectivity index (χ4n) is 2.06. The van der Waals surface area contributed by atoms with E-state index in [1.54, 1.807) is 6.07 Å². The van der Waals surface area contributed by atoms with Gasteiger partial charge in [0.15, 0.2) is 5.82 Å². The highest BCUT2D eigenvalue weighted by Crippen LogP contribution is 2.39. The molecule has 6 heteroatoms. The third kappa shape index (κ3) is 2.11. The highest BCUT2D eigenvalue weighted by molar-refractivity contribution is 6.35. The number of halogens is 2. The van der Waals surface area contributed by atoms with Crippen molar-refractivity contribution in [3.8, 4) is 11.4 Å². The summed E-state index contributed by atoms with van der Waals surface area (Å²) in [5, 5.41) is 9.54. The SMILES string of the molecule is NCc1nnc(-c2cc(Cl)cc(Cl)c2)n1C1CC1. The highest BCUT2D eigenvalue weighted by atomic mass is 35.5. The van der Waals surface area contributed by atoms with Gasteiger partial charge in [0.2, 0.25) is 0 Å². The number of hydrogen-bond acceptors (Lipinski definition) is 3. The van der Waals surface area contributed by atoms with Crippen LogP contribution in [-0.4, -0.2) is 14.8 Å². The van der Waals surface area contributed by atoms with Gasteiger partial charge in [0, 0.05) is 21.7 Å². The Labute approximate surface area is 115 Å². The van der Waals surface area contributed by atoms with E-state index in [1.165, 1.54) is 0 Å². The highest BCUT2D eigenvalue weighted by Gasteiger charge is 2.29. The molecular weight excluding hydrogens is 271 g/mol. The maximum absolute atomic E-state index is 6.02. The number of benzene rings is 1. The summed E-state index contributed by atoms with van der Waals surface area (Å²) in [6.07, 6.45) is 2.29. The summed E-state index contributed by atoms with van der Waals surface area (Å²) in [6, 6.07) is 5.85. The van der Waals surface area contributed by atoms with E-state index in [9.17, 15) is 0 Å². The molecule has 18 heavy (non-hydrogen) atoms. The third-order valence-electron chi connectivity index (χ3n) is 2.98. The van der Waals surface area contributed by atoms with Crippen LogP contribution in [0.4, 0.5) is 0 Å². The average molecular weight is 283 g/mol. The average Bonchev–Trinajstić information content (AvgIpc) is 3.07. The summed E-state index contributed by atoms with van der Waals surface area (Å²) in [5.41, 5.74) is 6.57. The van der Waals surface area contributed by atoms with Crippen LogP contribution in [0.15, 0.2) is 18.2 Å². The lowest BCUT2D eigenvalue weighted by molar-refractivity contribution is 0.688. The second kappa shape index (κ2) is 4.53. The molecule has 94 valence electrons. The molecule has 2 aromatic rings. The quantitative estimate of drug-likeness (QED) is 0.941. The standard InChI is InChI=1S/C12H12Cl2N4/c13-8-3-7(4-9(14)5-8)12-17-16-11(6-15)18(12)10-1-2-10/h3-5,10H,1-2,6,15H2. The summed E-state index contributed by atoms with van der Waals surface area (Å²) in [4.78, 5) is 0. The minimum absolute atomic E-state index is 0.387. The molecule has 4 nitrogen and oxygen atoms in total. The van der Waals surface area contributed by atoms with Crippen LogP contribution in [0.5, 0.6) is 0 Å². The van der Waals surface area contributed by atoms with E-state index < -0.39 is 0 Å². The number of rotatable bonds is 3. The van der Waals surface area contributed by atoms with Crippen LogP contribution in [-0.2, 0) is 6.54 Å². The first-order valence-electron chi connectivity index (χ1n) is 5.79. The van der Waals surface area contributed by atoms with Gasteiger partial charge in [-0.15, -0.1) is 10.2 Å². The van der Waals surface area contributed by atoms with Gasteiger partial charge in [0.1, 0.15) is 5.82 Å². The molecule has 0 saturated heterocycles. The molecule has 1 fully saturated rings. The Hall–Kier alpha value is -1.10. The lowest BCUT2D eigenvalue weighted by Gasteiger charge is -2.08. The maximum atomic E-state index is 6.02. The summed E-state index contributed by atoms with van der Waals surface area (Å²) >= 11 is 12.0. The minimum Gasteiger partial charge on any atom is -0.324 e. The number of nitrogens with zero attached hydrogens (tertiary/aromatic N) is 3. The summed E-state index contributed by atoms with van der Waals surface area (Å²) in [5.74, 6) is 1.60. The first-order valence-corrected chi connectivity index (χ1v) is 6.55. The Bertz CT molecular complexity index is 570. The minimum atomic E-state index is 0.387. The van der Waals surface area contributed by atoms with Crippen molar-refractivity contribution >= 4 is 23.2 Å². The summed E-state index contributed by atoms with van der Waals surface area (Å²) in [7, 11) is 0. The smallest absolute Gasteiger partial charge is 0.164 e. The van der Waals surface area contributed by atoms with Crippen molar-refractivity contribution < 1.29 is 0 Å². The van der Waals surface area contributed by atoms with Crippen molar-refractivity contribution in [2.24, 2.45) is 5.73 Å². The van der Waals surface area contributed by atoms with Gasteiger partial charge in [-0.05, 0) is 31.0 Å². The third-order valence-corrected chi connectivity index (χ3v) is 3.42. The molecule has 1 aromatic carbocycles. The lowest BCUT2D eigenvalue weighted by atomic mass is 10.2. The number of hydrogen-bond donors (Lipinski definition) is 1. The molecule has 0 amide bonds. The van der Waals surface area contributed by atoms with Gasteiger partial charge in [-0.25, -0.2) is 0 Å². The van der Waals surface area contributed by atoms with Crippen LogP contribution in [0, 0.1) is 0 Å². The van der Waals surface area contributed by atoms with Crippen LogP contribution in [0.2, 0.25) is 10.0 Å². The zero-order valence-electron chi connectivity index (χ0n) is 9.61. The second-order valence-corrected chi connectivity index (χ2v) is 5.28. The molecule has 0 atom stereocenters. The van der Waals surface area contributed by atoms with Gasteiger partial charge < -0.3 is 10.3 Å². The van der Waals surface area contributed by atoms with E-state index in [4.69, 9.17) is 28.9 Å². The molecule has 0 aliphatic heterocycles. The molecule has 1 aliphatic rings. The monoisotopic (exact) mass is 282 g/mol. The van der Waals surface area contributed by atoms with Crippen molar-refractivity contribution in [2.75, 3.05) is 0 Å². The maximum Gasteiger partial charge on any atom is 0.164 e. The fraction of sp³-hybridized carbons (Fsp3) is 0.333. The molecule has 0 bridgehead atoms. The molecule has 2 N–H and O–H groups in total. The molecule has 3 rings (SSSR count). The zero-order chi connectivity index (χ0) is 12.7. The van der Waals surface area contributed by atoms with Gasteiger partial charge in [-0.2, -0.15) is 0 Å². The topological polar surface area (TPSA) is 56.7 Å². The normalized spacial score (nSPS) is 15.1. The van der Waals surface area contributed by atoms with Crippen molar-refractivity contribution in [2.45, 2.75) is 25.4 Å². The molecule has 1 saturated carbocycles. The van der Waals surface area contributed by atoms with Crippen molar-refractivity contribution in [3.63, 3.8) is 0 Å². The predicted octanol–water partition coefficient (Wildman–Crippen LogP) is 3.05.